The van der Waals surface area contributed by atoms with E-state index in [9.17, 15) is 4.79 Å². The lowest BCUT2D eigenvalue weighted by atomic mass is 10.1. The minimum Gasteiger partial charge on any atom is -0.497 e. The smallest absolute Gasteiger partial charge is 0.236 e. The van der Waals surface area contributed by atoms with Crippen molar-refractivity contribution in [2.24, 2.45) is 0 Å². The summed E-state index contributed by atoms with van der Waals surface area (Å²) in [5, 5.41) is 3.47. The van der Waals surface area contributed by atoms with Crippen LogP contribution in [0.25, 0.3) is 11.3 Å². The van der Waals surface area contributed by atoms with E-state index in [1.165, 1.54) is 23.1 Å². The fourth-order valence-electron chi connectivity index (χ4n) is 1.86. The number of ether oxygens (including phenoxy) is 1. The van der Waals surface area contributed by atoms with Gasteiger partial charge in [0.15, 0.2) is 5.13 Å². The zero-order chi connectivity index (χ0) is 15.9. The molecular formula is C16H18N2O2S2. The highest BCUT2D eigenvalue weighted by atomic mass is 32.2. The monoisotopic (exact) mass is 334 g/mol. The van der Waals surface area contributed by atoms with Crippen molar-refractivity contribution in [1.82, 2.24) is 4.98 Å². The zero-order valence-corrected chi connectivity index (χ0v) is 14.2. The number of nitrogens with one attached hydrogen (secondary N) is 1. The van der Waals surface area contributed by atoms with Crippen LogP contribution in [0.15, 0.2) is 36.9 Å². The standard InChI is InChI=1S/C16H18N2O2S2/c1-4-9-21-10-14(19)17-16-18-15(11(2)22-16)12-5-7-13(20-3)8-6-12/h4-8H,1,9-10H2,2-3H3,(H,17,18,19). The van der Waals surface area contributed by atoms with Gasteiger partial charge in [-0.2, -0.15) is 0 Å². The van der Waals surface area contributed by atoms with Crippen molar-refractivity contribution in [2.75, 3.05) is 23.9 Å². The van der Waals surface area contributed by atoms with Crippen LogP contribution in [0.1, 0.15) is 4.88 Å². The lowest BCUT2D eigenvalue weighted by Gasteiger charge is -2.02. The molecule has 1 amide bonds. The van der Waals surface area contributed by atoms with Crippen molar-refractivity contribution in [3.05, 3.63) is 41.8 Å². The molecule has 1 heterocycles. The maximum absolute atomic E-state index is 11.8. The second-order valence-corrected chi connectivity index (χ2v) is 6.74. The Morgan fingerprint density at radius 3 is 2.82 bits per heavy atom. The van der Waals surface area contributed by atoms with E-state index in [-0.39, 0.29) is 5.91 Å². The minimum atomic E-state index is -0.0399. The number of anilines is 1. The molecule has 22 heavy (non-hydrogen) atoms. The molecule has 0 aliphatic carbocycles. The molecule has 0 saturated heterocycles. The maximum Gasteiger partial charge on any atom is 0.236 e. The fourth-order valence-corrected chi connectivity index (χ4v) is 3.25. The van der Waals surface area contributed by atoms with Crippen LogP contribution in [0.5, 0.6) is 5.75 Å². The molecule has 1 N–H and O–H groups in total. The molecule has 0 saturated carbocycles. The Morgan fingerprint density at radius 2 is 2.18 bits per heavy atom. The summed E-state index contributed by atoms with van der Waals surface area (Å²) in [6.07, 6.45) is 1.78. The summed E-state index contributed by atoms with van der Waals surface area (Å²) in [5.41, 5.74) is 1.90. The zero-order valence-electron chi connectivity index (χ0n) is 12.6. The van der Waals surface area contributed by atoms with Crippen molar-refractivity contribution in [1.29, 1.82) is 0 Å². The summed E-state index contributed by atoms with van der Waals surface area (Å²) < 4.78 is 5.16. The number of carbonyl (C=O) groups excluding carboxylic acids is 1. The molecule has 0 spiro atoms. The lowest BCUT2D eigenvalue weighted by molar-refractivity contribution is -0.113. The average Bonchev–Trinajstić information content (AvgIpc) is 2.88. The van der Waals surface area contributed by atoms with Gasteiger partial charge in [-0.25, -0.2) is 4.98 Å². The van der Waals surface area contributed by atoms with Gasteiger partial charge in [0.1, 0.15) is 5.75 Å². The number of hydrogen-bond donors (Lipinski definition) is 1. The Balaban J connectivity index is 2.07. The molecule has 2 aromatic rings. The fraction of sp³-hybridized carbons (Fsp3) is 0.250. The molecule has 0 atom stereocenters. The van der Waals surface area contributed by atoms with E-state index < -0.39 is 0 Å². The lowest BCUT2D eigenvalue weighted by Crippen LogP contribution is -2.13. The van der Waals surface area contributed by atoms with Crippen LogP contribution in [0.3, 0.4) is 0 Å². The Hall–Kier alpha value is -1.79. The third-order valence-electron chi connectivity index (χ3n) is 2.88. The highest BCUT2D eigenvalue weighted by Gasteiger charge is 2.12. The first kappa shape index (κ1) is 16.6. The van der Waals surface area contributed by atoms with Gasteiger partial charge < -0.3 is 10.1 Å². The van der Waals surface area contributed by atoms with Crippen molar-refractivity contribution in [2.45, 2.75) is 6.92 Å². The third-order valence-corrected chi connectivity index (χ3v) is 4.70. The van der Waals surface area contributed by atoms with Crippen LogP contribution in [-0.4, -0.2) is 29.5 Å². The van der Waals surface area contributed by atoms with Crippen molar-refractivity contribution >= 4 is 34.1 Å². The van der Waals surface area contributed by atoms with E-state index in [1.807, 2.05) is 31.2 Å². The van der Waals surface area contributed by atoms with E-state index in [4.69, 9.17) is 4.74 Å². The summed E-state index contributed by atoms with van der Waals surface area (Å²) in [6.45, 7) is 5.63. The summed E-state index contributed by atoms with van der Waals surface area (Å²) in [7, 11) is 1.64. The van der Waals surface area contributed by atoms with Crippen LogP contribution < -0.4 is 10.1 Å². The summed E-state index contributed by atoms with van der Waals surface area (Å²) in [6, 6.07) is 7.73. The minimum absolute atomic E-state index is 0.0399. The van der Waals surface area contributed by atoms with Crippen LogP contribution in [-0.2, 0) is 4.79 Å². The van der Waals surface area contributed by atoms with Gasteiger partial charge in [0.05, 0.1) is 18.6 Å². The number of methoxy groups -OCH3 is 1. The molecule has 0 unspecified atom stereocenters. The molecule has 2 rings (SSSR count). The van der Waals surface area contributed by atoms with Crippen molar-refractivity contribution in [3.63, 3.8) is 0 Å². The van der Waals surface area contributed by atoms with Gasteiger partial charge in [0, 0.05) is 16.2 Å². The van der Waals surface area contributed by atoms with Gasteiger partial charge in [-0.1, -0.05) is 6.08 Å². The molecule has 4 nitrogen and oxygen atoms in total. The SMILES string of the molecule is C=CCSCC(=O)Nc1nc(-c2ccc(OC)cc2)c(C)s1. The first-order chi connectivity index (χ1) is 10.6. The Kier molecular flexibility index (Phi) is 6.03. The Bertz CT molecular complexity index is 651. The number of nitrogens with zero attached hydrogens (tertiary/aromatic N) is 1. The molecule has 116 valence electrons. The predicted octanol–water partition coefficient (Wildman–Crippen LogP) is 3.98. The Labute approximate surface area is 138 Å². The van der Waals surface area contributed by atoms with Gasteiger partial charge in [0.2, 0.25) is 5.91 Å². The molecule has 0 radical (unpaired) electrons. The van der Waals surface area contributed by atoms with Crippen LogP contribution in [0.2, 0.25) is 0 Å². The number of aryl methyl sites for hydroxylation is 1. The first-order valence-electron chi connectivity index (χ1n) is 6.74. The first-order valence-corrected chi connectivity index (χ1v) is 8.71. The van der Waals surface area contributed by atoms with Gasteiger partial charge >= 0.3 is 0 Å². The van der Waals surface area contributed by atoms with E-state index >= 15 is 0 Å². The van der Waals surface area contributed by atoms with E-state index in [0.717, 1.165) is 27.6 Å². The second-order valence-electron chi connectivity index (χ2n) is 4.50. The van der Waals surface area contributed by atoms with E-state index in [2.05, 4.69) is 16.9 Å². The number of aromatic nitrogens is 1. The number of rotatable bonds is 7. The second kappa shape index (κ2) is 8.00. The molecular weight excluding hydrogens is 316 g/mol. The molecule has 0 bridgehead atoms. The summed E-state index contributed by atoms with van der Waals surface area (Å²) in [5.74, 6) is 1.94. The molecule has 0 aliphatic rings. The van der Waals surface area contributed by atoms with Crippen LogP contribution in [0, 0.1) is 6.92 Å². The van der Waals surface area contributed by atoms with Gasteiger partial charge in [-0.3, -0.25) is 4.79 Å². The normalized spacial score (nSPS) is 10.3. The predicted molar refractivity (Wildman–Crippen MR) is 95.0 cm³/mol. The number of thiazole rings is 1. The van der Waals surface area contributed by atoms with Crippen LogP contribution >= 0.6 is 23.1 Å². The largest absolute Gasteiger partial charge is 0.497 e. The molecule has 1 aromatic heterocycles. The molecule has 1 aromatic carbocycles. The number of amides is 1. The van der Waals surface area contributed by atoms with Gasteiger partial charge in [-0.05, 0) is 31.2 Å². The molecule has 0 fully saturated rings. The number of thioether (sulfide) groups is 1. The number of carbonyl (C=O) groups is 1. The highest BCUT2D eigenvalue weighted by Crippen LogP contribution is 2.31. The van der Waals surface area contributed by atoms with Crippen molar-refractivity contribution in [3.8, 4) is 17.0 Å². The summed E-state index contributed by atoms with van der Waals surface area (Å²) in [4.78, 5) is 17.4. The molecule has 6 heteroatoms. The van der Waals surface area contributed by atoms with Gasteiger partial charge in [-0.15, -0.1) is 29.7 Å². The highest BCUT2D eigenvalue weighted by molar-refractivity contribution is 8.00. The van der Waals surface area contributed by atoms with Crippen LogP contribution in [0.4, 0.5) is 5.13 Å². The van der Waals surface area contributed by atoms with Crippen molar-refractivity contribution < 1.29 is 9.53 Å². The topological polar surface area (TPSA) is 51.2 Å². The Morgan fingerprint density at radius 1 is 1.45 bits per heavy atom. The average molecular weight is 334 g/mol. The maximum atomic E-state index is 11.8. The number of hydrogen-bond acceptors (Lipinski definition) is 5. The summed E-state index contributed by atoms with van der Waals surface area (Å²) >= 11 is 3.01. The quantitative estimate of drug-likeness (QED) is 0.614. The molecule has 0 aliphatic heterocycles. The van der Waals surface area contributed by atoms with Gasteiger partial charge in [0.25, 0.3) is 0 Å². The van der Waals surface area contributed by atoms with E-state index in [1.54, 1.807) is 13.2 Å². The van der Waals surface area contributed by atoms with E-state index in [0.29, 0.717) is 10.9 Å². The number of benzene rings is 1. The third kappa shape index (κ3) is 4.35.